The van der Waals surface area contributed by atoms with Gasteiger partial charge in [-0.1, -0.05) is 18.2 Å². The number of hydrogen-bond acceptors (Lipinski definition) is 5. The van der Waals surface area contributed by atoms with E-state index in [2.05, 4.69) is 41.5 Å². The standard InChI is InChI=1S/C32H40N2O4/c1-20(33-19-29(36)26-5-7-28(35)31-27(26)6-8-30(37)34-31)11-21-3-2-4-25(15-21)38-10-9-32-16-22-12-23(17-32)14-24(13-22)18-32/h2-8,15,20,22-24,29,33,35-36H,9-14,16-19H2,1H3,(H,34,37)/t20-,22?,23?,24?,29-,32?/m0/s1. The molecule has 3 aromatic rings. The molecule has 0 radical (unpaired) electrons. The third kappa shape index (κ3) is 5.34. The summed E-state index contributed by atoms with van der Waals surface area (Å²) in [6.45, 7) is 3.28. The molecule has 0 saturated heterocycles. The van der Waals surface area contributed by atoms with E-state index < -0.39 is 6.10 Å². The number of ether oxygens (including phenoxy) is 1. The van der Waals surface area contributed by atoms with Gasteiger partial charge in [0.2, 0.25) is 5.56 Å². The second-order valence-corrected chi connectivity index (χ2v) is 12.5. The van der Waals surface area contributed by atoms with Gasteiger partial charge in [-0.05, 0) is 117 Å². The van der Waals surface area contributed by atoms with Crippen LogP contribution in [0.3, 0.4) is 0 Å². The predicted octanol–water partition coefficient (Wildman–Crippen LogP) is 5.47. The number of phenols is 1. The van der Waals surface area contributed by atoms with E-state index in [0.29, 0.717) is 28.4 Å². The maximum absolute atomic E-state index is 11.7. The maximum atomic E-state index is 11.7. The molecule has 38 heavy (non-hydrogen) atoms. The van der Waals surface area contributed by atoms with E-state index in [0.717, 1.165) is 36.5 Å². The molecule has 4 N–H and O–H groups in total. The van der Waals surface area contributed by atoms with Crippen LogP contribution in [0.5, 0.6) is 11.5 Å². The first-order valence-corrected chi connectivity index (χ1v) is 14.3. The Morgan fingerprint density at radius 2 is 1.79 bits per heavy atom. The van der Waals surface area contributed by atoms with Gasteiger partial charge in [-0.2, -0.15) is 0 Å². The average molecular weight is 517 g/mol. The second-order valence-electron chi connectivity index (χ2n) is 12.5. The van der Waals surface area contributed by atoms with Crippen LogP contribution < -0.4 is 15.6 Å². The number of aliphatic hydroxyl groups excluding tert-OH is 1. The van der Waals surface area contributed by atoms with Gasteiger partial charge < -0.3 is 25.3 Å². The highest BCUT2D eigenvalue weighted by molar-refractivity contribution is 5.87. The van der Waals surface area contributed by atoms with Crippen LogP contribution in [-0.4, -0.2) is 34.4 Å². The van der Waals surface area contributed by atoms with Crippen molar-refractivity contribution < 1.29 is 14.9 Å². The molecule has 0 unspecified atom stereocenters. The lowest BCUT2D eigenvalue weighted by Crippen LogP contribution is -2.46. The van der Waals surface area contributed by atoms with Crippen molar-refractivity contribution in [2.45, 2.75) is 70.4 Å². The van der Waals surface area contributed by atoms with E-state index in [1.807, 2.05) is 0 Å². The number of aromatic hydroxyl groups is 1. The number of nitrogens with one attached hydrogen (secondary N) is 2. The molecular weight excluding hydrogens is 476 g/mol. The van der Waals surface area contributed by atoms with Crippen LogP contribution in [0.25, 0.3) is 10.9 Å². The number of phenolic OH excluding ortho intramolecular Hbond substituents is 1. The zero-order valence-electron chi connectivity index (χ0n) is 22.3. The van der Waals surface area contributed by atoms with Crippen molar-refractivity contribution in [3.63, 3.8) is 0 Å². The van der Waals surface area contributed by atoms with Crippen LogP contribution in [0.1, 0.15) is 69.1 Å². The summed E-state index contributed by atoms with van der Waals surface area (Å²) < 4.78 is 6.28. The van der Waals surface area contributed by atoms with Crippen LogP contribution >= 0.6 is 0 Å². The number of fused-ring (bicyclic) bond motifs is 1. The first-order valence-electron chi connectivity index (χ1n) is 14.3. The molecule has 1 aromatic heterocycles. The van der Waals surface area contributed by atoms with Crippen LogP contribution in [0.15, 0.2) is 53.3 Å². The molecule has 0 aliphatic heterocycles. The number of rotatable bonds is 10. The highest BCUT2D eigenvalue weighted by Crippen LogP contribution is 2.61. The predicted molar refractivity (Wildman–Crippen MR) is 150 cm³/mol. The molecule has 2 atom stereocenters. The lowest BCUT2D eigenvalue weighted by Gasteiger charge is -2.57. The second kappa shape index (κ2) is 10.4. The summed E-state index contributed by atoms with van der Waals surface area (Å²) >= 11 is 0. The number of aromatic nitrogens is 1. The van der Waals surface area contributed by atoms with Gasteiger partial charge in [0, 0.05) is 24.0 Å². The number of aliphatic hydroxyl groups is 1. The fourth-order valence-corrected chi connectivity index (χ4v) is 8.14. The molecule has 4 aliphatic rings. The maximum Gasteiger partial charge on any atom is 0.248 e. The van der Waals surface area contributed by atoms with Crippen molar-refractivity contribution in [1.29, 1.82) is 0 Å². The van der Waals surface area contributed by atoms with Gasteiger partial charge in [-0.3, -0.25) is 4.79 Å². The monoisotopic (exact) mass is 516 g/mol. The molecule has 4 bridgehead atoms. The van der Waals surface area contributed by atoms with Gasteiger partial charge in [0.15, 0.2) is 0 Å². The van der Waals surface area contributed by atoms with E-state index in [4.69, 9.17) is 4.74 Å². The Bertz CT molecular complexity index is 1310. The molecule has 4 fully saturated rings. The Morgan fingerprint density at radius 1 is 1.05 bits per heavy atom. The Hall–Kier alpha value is -2.83. The summed E-state index contributed by atoms with van der Waals surface area (Å²) in [5.41, 5.74) is 2.49. The Balaban J connectivity index is 1.01. The van der Waals surface area contributed by atoms with Gasteiger partial charge in [-0.25, -0.2) is 0 Å². The van der Waals surface area contributed by atoms with Gasteiger partial charge in [0.25, 0.3) is 0 Å². The molecule has 4 aliphatic carbocycles. The molecule has 7 rings (SSSR count). The third-order valence-corrected chi connectivity index (χ3v) is 9.43. The number of H-pyrrole nitrogens is 1. The first kappa shape index (κ1) is 25.4. The Labute approximate surface area is 224 Å². The summed E-state index contributed by atoms with van der Waals surface area (Å²) in [6.07, 6.45) is 9.97. The largest absolute Gasteiger partial charge is 0.506 e. The highest BCUT2D eigenvalue weighted by atomic mass is 16.5. The zero-order valence-corrected chi connectivity index (χ0v) is 22.3. The van der Waals surface area contributed by atoms with Gasteiger partial charge in [-0.15, -0.1) is 0 Å². The van der Waals surface area contributed by atoms with Crippen molar-refractivity contribution in [3.8, 4) is 11.5 Å². The fourth-order valence-electron chi connectivity index (χ4n) is 8.14. The van der Waals surface area contributed by atoms with E-state index in [1.54, 1.807) is 12.1 Å². The summed E-state index contributed by atoms with van der Waals surface area (Å²) in [6, 6.07) is 14.8. The van der Waals surface area contributed by atoms with E-state index in [1.165, 1.54) is 62.6 Å². The lowest BCUT2D eigenvalue weighted by atomic mass is 9.49. The van der Waals surface area contributed by atoms with E-state index in [-0.39, 0.29) is 17.4 Å². The minimum Gasteiger partial charge on any atom is -0.506 e. The van der Waals surface area contributed by atoms with Crippen LogP contribution in [0.4, 0.5) is 0 Å². The minimum atomic E-state index is -0.772. The Kier molecular flexibility index (Phi) is 6.95. The SMILES string of the molecule is C[C@@H](Cc1cccc(OCCC23CC4CC(CC(C4)C2)C3)c1)NC[C@H](O)c1ccc(O)c2[nH]c(=O)ccc12. The van der Waals surface area contributed by atoms with Crippen molar-refractivity contribution in [2.24, 2.45) is 23.2 Å². The first-order chi connectivity index (χ1) is 18.4. The normalized spacial score (nSPS) is 27.5. The number of hydrogen-bond donors (Lipinski definition) is 4. The highest BCUT2D eigenvalue weighted by Gasteiger charge is 2.50. The minimum absolute atomic E-state index is 0.00462. The Morgan fingerprint density at radius 3 is 2.53 bits per heavy atom. The quantitative estimate of drug-likeness (QED) is 0.287. The van der Waals surface area contributed by atoms with Crippen LogP contribution in [0.2, 0.25) is 0 Å². The van der Waals surface area contributed by atoms with E-state index in [9.17, 15) is 15.0 Å². The average Bonchev–Trinajstić information content (AvgIpc) is 2.87. The summed E-state index contributed by atoms with van der Waals surface area (Å²) in [5, 5.41) is 25.0. The molecular formula is C32H40N2O4. The molecule has 202 valence electrons. The zero-order chi connectivity index (χ0) is 26.3. The van der Waals surface area contributed by atoms with Gasteiger partial charge in [0.1, 0.15) is 11.5 Å². The molecule has 0 spiro atoms. The number of pyridine rings is 1. The molecule has 0 amide bonds. The van der Waals surface area contributed by atoms with Crippen molar-refractivity contribution in [1.82, 2.24) is 10.3 Å². The number of aromatic amines is 1. The lowest BCUT2D eigenvalue weighted by molar-refractivity contribution is -0.0622. The van der Waals surface area contributed by atoms with Crippen molar-refractivity contribution in [2.75, 3.05) is 13.2 Å². The molecule has 6 nitrogen and oxygen atoms in total. The fraction of sp³-hybridized carbons (Fsp3) is 0.531. The molecule has 4 saturated carbocycles. The molecule has 6 heteroatoms. The van der Waals surface area contributed by atoms with Gasteiger partial charge in [0.05, 0.1) is 18.2 Å². The summed E-state index contributed by atoms with van der Waals surface area (Å²) in [5.74, 6) is 3.88. The van der Waals surface area contributed by atoms with E-state index >= 15 is 0 Å². The van der Waals surface area contributed by atoms with Crippen molar-refractivity contribution in [3.05, 3.63) is 70.0 Å². The summed E-state index contributed by atoms with van der Waals surface area (Å²) in [4.78, 5) is 14.3. The molecule has 2 aromatic carbocycles. The van der Waals surface area contributed by atoms with Crippen LogP contribution in [-0.2, 0) is 6.42 Å². The van der Waals surface area contributed by atoms with Crippen LogP contribution in [0, 0.1) is 23.2 Å². The van der Waals surface area contributed by atoms with Crippen molar-refractivity contribution >= 4 is 10.9 Å². The van der Waals surface area contributed by atoms with Gasteiger partial charge >= 0.3 is 0 Å². The smallest absolute Gasteiger partial charge is 0.248 e. The molecule has 1 heterocycles. The number of benzene rings is 2. The topological polar surface area (TPSA) is 94.6 Å². The summed E-state index contributed by atoms with van der Waals surface area (Å²) in [7, 11) is 0. The third-order valence-electron chi connectivity index (χ3n) is 9.43.